The number of anilines is 1. The fourth-order valence-electron chi connectivity index (χ4n) is 2.25. The second-order valence-corrected chi connectivity index (χ2v) is 4.60. The van der Waals surface area contributed by atoms with Crippen molar-refractivity contribution < 1.29 is 4.79 Å². The Labute approximate surface area is 111 Å². The minimum absolute atomic E-state index is 0.127. The van der Waals surface area contributed by atoms with E-state index in [9.17, 15) is 4.79 Å². The minimum atomic E-state index is 0.127. The number of hydrogen-bond acceptors (Lipinski definition) is 4. The maximum atomic E-state index is 11.6. The van der Waals surface area contributed by atoms with Gasteiger partial charge in [-0.2, -0.15) is 0 Å². The number of amides is 1. The number of rotatable bonds is 2. The highest BCUT2D eigenvalue weighted by molar-refractivity contribution is 5.94. The molecule has 0 N–H and O–H groups in total. The van der Waals surface area contributed by atoms with Gasteiger partial charge in [0, 0.05) is 30.9 Å². The fourth-order valence-corrected chi connectivity index (χ4v) is 2.25. The Bertz CT molecular complexity index is 609. The second-order valence-electron chi connectivity index (χ2n) is 4.60. The highest BCUT2D eigenvalue weighted by Gasteiger charge is 2.22. The van der Waals surface area contributed by atoms with Crippen LogP contribution in [0.25, 0.3) is 11.3 Å². The topological polar surface area (TPSA) is 59.0 Å². The zero-order chi connectivity index (χ0) is 13.2. The summed E-state index contributed by atoms with van der Waals surface area (Å²) >= 11 is 0. The van der Waals surface area contributed by atoms with Crippen LogP contribution in [0.4, 0.5) is 5.82 Å². The van der Waals surface area contributed by atoms with Gasteiger partial charge in [-0.15, -0.1) is 0 Å². The summed E-state index contributed by atoms with van der Waals surface area (Å²) in [6.07, 6.45) is 8.41. The van der Waals surface area contributed by atoms with Crippen molar-refractivity contribution in [1.82, 2.24) is 15.0 Å². The third-order valence-corrected chi connectivity index (χ3v) is 3.28. The van der Waals surface area contributed by atoms with Gasteiger partial charge in [-0.1, -0.05) is 0 Å². The van der Waals surface area contributed by atoms with E-state index in [4.69, 9.17) is 0 Å². The lowest BCUT2D eigenvalue weighted by molar-refractivity contribution is -0.117. The lowest BCUT2D eigenvalue weighted by Crippen LogP contribution is -2.24. The van der Waals surface area contributed by atoms with E-state index in [1.54, 1.807) is 29.7 Å². The van der Waals surface area contributed by atoms with E-state index < -0.39 is 0 Å². The van der Waals surface area contributed by atoms with E-state index in [2.05, 4.69) is 15.0 Å². The molecule has 1 aliphatic rings. The zero-order valence-electron chi connectivity index (χ0n) is 10.7. The molecule has 2 aromatic rings. The van der Waals surface area contributed by atoms with E-state index in [1.165, 1.54) is 0 Å². The Morgan fingerprint density at radius 1 is 1.21 bits per heavy atom. The van der Waals surface area contributed by atoms with E-state index >= 15 is 0 Å². The summed E-state index contributed by atoms with van der Waals surface area (Å²) in [4.78, 5) is 26.1. The maximum Gasteiger partial charge on any atom is 0.228 e. The summed E-state index contributed by atoms with van der Waals surface area (Å²) in [7, 11) is 0. The first-order chi connectivity index (χ1) is 9.25. The van der Waals surface area contributed by atoms with Crippen molar-refractivity contribution in [2.75, 3.05) is 11.4 Å². The van der Waals surface area contributed by atoms with Crippen LogP contribution < -0.4 is 4.90 Å². The van der Waals surface area contributed by atoms with Gasteiger partial charge in [0.2, 0.25) is 5.91 Å². The van der Waals surface area contributed by atoms with Gasteiger partial charge in [0.15, 0.2) is 5.82 Å². The van der Waals surface area contributed by atoms with Gasteiger partial charge in [-0.3, -0.25) is 19.7 Å². The van der Waals surface area contributed by atoms with E-state index in [0.29, 0.717) is 12.2 Å². The van der Waals surface area contributed by atoms with Gasteiger partial charge in [-0.05, 0) is 25.0 Å². The Hall–Kier alpha value is -2.30. The maximum absolute atomic E-state index is 11.6. The number of aromatic nitrogens is 3. The highest BCUT2D eigenvalue weighted by atomic mass is 16.2. The van der Waals surface area contributed by atoms with Crippen LogP contribution in [0.15, 0.2) is 30.9 Å². The first-order valence-corrected chi connectivity index (χ1v) is 6.29. The smallest absolute Gasteiger partial charge is 0.228 e. The third-order valence-electron chi connectivity index (χ3n) is 3.28. The number of carbonyl (C=O) groups is 1. The molecule has 0 saturated carbocycles. The number of hydrogen-bond donors (Lipinski definition) is 0. The SMILES string of the molecule is Cc1cnccc1-c1cnc(N2CCCC2=O)cn1. The van der Waals surface area contributed by atoms with Crippen molar-refractivity contribution in [1.29, 1.82) is 0 Å². The number of pyridine rings is 1. The Morgan fingerprint density at radius 2 is 2.11 bits per heavy atom. The standard InChI is InChI=1S/C14H14N4O/c1-10-7-15-5-4-11(10)12-8-17-13(9-16-12)18-6-2-3-14(18)19/h4-5,7-9H,2-3,6H2,1H3. The third kappa shape index (κ3) is 2.19. The molecule has 1 saturated heterocycles. The molecular formula is C14H14N4O. The Balaban J connectivity index is 1.91. The van der Waals surface area contributed by atoms with E-state index in [0.717, 1.165) is 29.8 Å². The molecule has 0 aromatic carbocycles. The summed E-state index contributed by atoms with van der Waals surface area (Å²) in [5, 5.41) is 0. The zero-order valence-corrected chi connectivity index (χ0v) is 10.7. The monoisotopic (exact) mass is 254 g/mol. The molecule has 2 aromatic heterocycles. The molecule has 3 rings (SSSR count). The highest BCUT2D eigenvalue weighted by Crippen LogP contribution is 2.22. The molecule has 0 spiro atoms. The molecule has 0 bridgehead atoms. The van der Waals surface area contributed by atoms with Crippen molar-refractivity contribution in [2.24, 2.45) is 0 Å². The molecular weight excluding hydrogens is 240 g/mol. The van der Waals surface area contributed by atoms with Crippen LogP contribution in [0.5, 0.6) is 0 Å². The van der Waals surface area contributed by atoms with E-state index in [1.807, 2.05) is 13.0 Å². The molecule has 19 heavy (non-hydrogen) atoms. The minimum Gasteiger partial charge on any atom is -0.296 e. The summed E-state index contributed by atoms with van der Waals surface area (Å²) < 4.78 is 0. The Kier molecular flexibility index (Phi) is 2.95. The predicted molar refractivity (Wildman–Crippen MR) is 71.6 cm³/mol. The van der Waals surface area contributed by atoms with Crippen molar-refractivity contribution in [3.05, 3.63) is 36.4 Å². The number of nitrogens with zero attached hydrogens (tertiary/aromatic N) is 4. The lowest BCUT2D eigenvalue weighted by Gasteiger charge is -2.14. The van der Waals surface area contributed by atoms with Crippen LogP contribution in [0.1, 0.15) is 18.4 Å². The molecule has 0 atom stereocenters. The van der Waals surface area contributed by atoms with Crippen LogP contribution in [0.2, 0.25) is 0 Å². The van der Waals surface area contributed by atoms with Gasteiger partial charge in [0.05, 0.1) is 18.1 Å². The van der Waals surface area contributed by atoms with Crippen LogP contribution in [-0.4, -0.2) is 27.4 Å². The normalized spacial score (nSPS) is 15.0. The van der Waals surface area contributed by atoms with Crippen molar-refractivity contribution in [3.63, 3.8) is 0 Å². The average Bonchev–Trinajstić information content (AvgIpc) is 2.86. The van der Waals surface area contributed by atoms with Crippen LogP contribution in [0.3, 0.4) is 0 Å². The van der Waals surface area contributed by atoms with Crippen LogP contribution >= 0.6 is 0 Å². The first kappa shape index (κ1) is 11.8. The summed E-state index contributed by atoms with van der Waals surface area (Å²) in [6.45, 7) is 2.73. The largest absolute Gasteiger partial charge is 0.296 e. The molecule has 0 unspecified atom stereocenters. The molecule has 1 amide bonds. The average molecular weight is 254 g/mol. The number of aryl methyl sites for hydroxylation is 1. The number of carbonyl (C=O) groups excluding carboxylic acids is 1. The van der Waals surface area contributed by atoms with Crippen molar-refractivity contribution >= 4 is 11.7 Å². The summed E-state index contributed by atoms with van der Waals surface area (Å²) in [6, 6.07) is 1.92. The molecule has 0 aliphatic carbocycles. The molecule has 1 aliphatic heterocycles. The first-order valence-electron chi connectivity index (χ1n) is 6.29. The van der Waals surface area contributed by atoms with Crippen molar-refractivity contribution in [2.45, 2.75) is 19.8 Å². The van der Waals surface area contributed by atoms with E-state index in [-0.39, 0.29) is 5.91 Å². The van der Waals surface area contributed by atoms with Crippen LogP contribution in [-0.2, 0) is 4.79 Å². The fraction of sp³-hybridized carbons (Fsp3) is 0.286. The van der Waals surface area contributed by atoms with Gasteiger partial charge < -0.3 is 0 Å². The molecule has 96 valence electrons. The second kappa shape index (κ2) is 4.76. The quantitative estimate of drug-likeness (QED) is 0.822. The molecule has 3 heterocycles. The van der Waals surface area contributed by atoms with Gasteiger partial charge >= 0.3 is 0 Å². The molecule has 0 radical (unpaired) electrons. The molecule has 1 fully saturated rings. The summed E-state index contributed by atoms with van der Waals surface area (Å²) in [5.41, 5.74) is 2.87. The van der Waals surface area contributed by atoms with Crippen molar-refractivity contribution in [3.8, 4) is 11.3 Å². The van der Waals surface area contributed by atoms with Gasteiger partial charge in [-0.25, -0.2) is 4.98 Å². The molecule has 5 nitrogen and oxygen atoms in total. The van der Waals surface area contributed by atoms with Gasteiger partial charge in [0.1, 0.15) is 0 Å². The van der Waals surface area contributed by atoms with Crippen LogP contribution in [0, 0.1) is 6.92 Å². The van der Waals surface area contributed by atoms with Gasteiger partial charge in [0.25, 0.3) is 0 Å². The predicted octanol–water partition coefficient (Wildman–Crippen LogP) is 1.97. The Morgan fingerprint density at radius 3 is 2.74 bits per heavy atom. The molecule has 5 heteroatoms. The lowest BCUT2D eigenvalue weighted by atomic mass is 10.1. The summed E-state index contributed by atoms with van der Waals surface area (Å²) in [5.74, 6) is 0.764.